The number of carboxylic acids is 1. The third kappa shape index (κ3) is 2.36. The standard InChI is InChI=1S/C14H14N2O3/c17-14(18)11-7-3-6-10(8-11)13-15-12(16-19-13)9-4-1-2-5-9/h3,6-9H,1-2,4-5H2,(H,17,18). The minimum Gasteiger partial charge on any atom is -0.478 e. The summed E-state index contributed by atoms with van der Waals surface area (Å²) < 4.78 is 5.24. The molecule has 1 aromatic carbocycles. The van der Waals surface area contributed by atoms with Crippen molar-refractivity contribution in [3.63, 3.8) is 0 Å². The predicted octanol–water partition coefficient (Wildman–Crippen LogP) is 3.09. The summed E-state index contributed by atoms with van der Waals surface area (Å²) in [5, 5.41) is 13.0. The molecular formula is C14H14N2O3. The fraction of sp³-hybridized carbons (Fsp3) is 0.357. The molecule has 19 heavy (non-hydrogen) atoms. The van der Waals surface area contributed by atoms with Gasteiger partial charge in [0, 0.05) is 11.5 Å². The third-order valence-corrected chi connectivity index (χ3v) is 3.52. The van der Waals surface area contributed by atoms with Crippen molar-refractivity contribution < 1.29 is 14.4 Å². The Bertz CT molecular complexity index is 600. The van der Waals surface area contributed by atoms with Gasteiger partial charge in [0.1, 0.15) is 0 Å². The van der Waals surface area contributed by atoms with Crippen LogP contribution >= 0.6 is 0 Å². The zero-order valence-electron chi connectivity index (χ0n) is 10.4. The highest BCUT2D eigenvalue weighted by Gasteiger charge is 2.22. The Morgan fingerprint density at radius 2 is 2.11 bits per heavy atom. The van der Waals surface area contributed by atoms with Crippen molar-refractivity contribution in [1.29, 1.82) is 0 Å². The lowest BCUT2D eigenvalue weighted by molar-refractivity contribution is 0.0697. The molecule has 0 atom stereocenters. The number of nitrogens with zero attached hydrogens (tertiary/aromatic N) is 2. The Kier molecular flexibility index (Phi) is 3.03. The van der Waals surface area contributed by atoms with E-state index in [4.69, 9.17) is 9.63 Å². The van der Waals surface area contributed by atoms with Crippen LogP contribution < -0.4 is 0 Å². The molecule has 0 bridgehead atoms. The van der Waals surface area contributed by atoms with Crippen LogP contribution in [0.1, 0.15) is 47.8 Å². The Balaban J connectivity index is 1.89. The largest absolute Gasteiger partial charge is 0.478 e. The molecule has 0 unspecified atom stereocenters. The number of aromatic carboxylic acids is 1. The van der Waals surface area contributed by atoms with Crippen LogP contribution in [0.3, 0.4) is 0 Å². The molecule has 3 rings (SSSR count). The van der Waals surface area contributed by atoms with Gasteiger partial charge in [-0.15, -0.1) is 0 Å². The first-order chi connectivity index (χ1) is 9.24. The van der Waals surface area contributed by atoms with Crippen LogP contribution in [-0.2, 0) is 0 Å². The number of rotatable bonds is 3. The van der Waals surface area contributed by atoms with Gasteiger partial charge in [0.05, 0.1) is 5.56 Å². The normalized spacial score (nSPS) is 15.8. The van der Waals surface area contributed by atoms with Gasteiger partial charge in [-0.1, -0.05) is 24.1 Å². The molecule has 0 aliphatic heterocycles. The van der Waals surface area contributed by atoms with Crippen LogP contribution in [0.25, 0.3) is 11.5 Å². The lowest BCUT2D eigenvalue weighted by atomic mass is 10.1. The Hall–Kier alpha value is -2.17. The SMILES string of the molecule is O=C(O)c1cccc(-c2nc(C3CCCC3)no2)c1. The fourth-order valence-corrected chi connectivity index (χ4v) is 2.49. The van der Waals surface area contributed by atoms with Gasteiger partial charge in [-0.05, 0) is 31.0 Å². The van der Waals surface area contributed by atoms with E-state index in [0.29, 0.717) is 17.4 Å². The minimum absolute atomic E-state index is 0.220. The van der Waals surface area contributed by atoms with Gasteiger partial charge in [0.25, 0.3) is 5.89 Å². The molecule has 5 nitrogen and oxygen atoms in total. The minimum atomic E-state index is -0.961. The van der Waals surface area contributed by atoms with Crippen LogP contribution in [-0.4, -0.2) is 21.2 Å². The highest BCUT2D eigenvalue weighted by molar-refractivity contribution is 5.88. The number of carbonyl (C=O) groups is 1. The van der Waals surface area contributed by atoms with Crippen LogP contribution in [0.15, 0.2) is 28.8 Å². The van der Waals surface area contributed by atoms with Gasteiger partial charge in [-0.25, -0.2) is 4.79 Å². The number of carboxylic acid groups (broad SMARTS) is 1. The molecule has 1 N–H and O–H groups in total. The number of aromatic nitrogens is 2. The first-order valence-corrected chi connectivity index (χ1v) is 6.41. The molecule has 1 aliphatic rings. The molecule has 98 valence electrons. The molecule has 1 aromatic heterocycles. The van der Waals surface area contributed by atoms with Crippen molar-refractivity contribution in [3.8, 4) is 11.5 Å². The maximum atomic E-state index is 10.9. The number of benzene rings is 1. The van der Waals surface area contributed by atoms with Crippen molar-refractivity contribution in [2.24, 2.45) is 0 Å². The summed E-state index contributed by atoms with van der Waals surface area (Å²) in [6.45, 7) is 0. The molecule has 0 spiro atoms. The van der Waals surface area contributed by atoms with Gasteiger partial charge in [-0.3, -0.25) is 0 Å². The van der Waals surface area contributed by atoms with Gasteiger partial charge >= 0.3 is 5.97 Å². The Labute approximate surface area is 110 Å². The molecule has 1 aliphatic carbocycles. The first-order valence-electron chi connectivity index (χ1n) is 6.41. The average Bonchev–Trinajstić information content (AvgIpc) is 3.09. The molecule has 1 heterocycles. The van der Waals surface area contributed by atoms with Crippen LogP contribution in [0.4, 0.5) is 0 Å². The van der Waals surface area contributed by atoms with E-state index >= 15 is 0 Å². The summed E-state index contributed by atoms with van der Waals surface area (Å²) in [4.78, 5) is 15.3. The predicted molar refractivity (Wildman–Crippen MR) is 67.9 cm³/mol. The quantitative estimate of drug-likeness (QED) is 0.915. The van der Waals surface area contributed by atoms with Crippen LogP contribution in [0, 0.1) is 0 Å². The molecule has 0 saturated heterocycles. The zero-order valence-corrected chi connectivity index (χ0v) is 10.4. The highest BCUT2D eigenvalue weighted by Crippen LogP contribution is 2.33. The van der Waals surface area contributed by atoms with E-state index in [1.807, 2.05) is 0 Å². The molecule has 1 fully saturated rings. The molecule has 2 aromatic rings. The van der Waals surface area contributed by atoms with E-state index in [-0.39, 0.29) is 5.56 Å². The molecule has 0 amide bonds. The maximum absolute atomic E-state index is 10.9. The third-order valence-electron chi connectivity index (χ3n) is 3.52. The Morgan fingerprint density at radius 1 is 1.32 bits per heavy atom. The summed E-state index contributed by atoms with van der Waals surface area (Å²) in [5.74, 6) is 0.566. The van der Waals surface area contributed by atoms with E-state index in [1.165, 1.54) is 12.8 Å². The maximum Gasteiger partial charge on any atom is 0.335 e. The highest BCUT2D eigenvalue weighted by atomic mass is 16.5. The molecule has 1 saturated carbocycles. The van der Waals surface area contributed by atoms with Crippen molar-refractivity contribution >= 4 is 5.97 Å². The Morgan fingerprint density at radius 3 is 2.84 bits per heavy atom. The van der Waals surface area contributed by atoms with Crippen LogP contribution in [0.2, 0.25) is 0 Å². The lowest BCUT2D eigenvalue weighted by Gasteiger charge is -1.99. The molecule has 5 heteroatoms. The van der Waals surface area contributed by atoms with Crippen molar-refractivity contribution in [2.75, 3.05) is 0 Å². The fourth-order valence-electron chi connectivity index (χ4n) is 2.49. The number of hydrogen-bond donors (Lipinski definition) is 1. The summed E-state index contributed by atoms with van der Waals surface area (Å²) in [6, 6.07) is 6.55. The first kappa shape index (κ1) is 11.9. The van der Waals surface area contributed by atoms with E-state index in [2.05, 4.69) is 10.1 Å². The van der Waals surface area contributed by atoms with E-state index in [9.17, 15) is 4.79 Å². The zero-order chi connectivity index (χ0) is 13.2. The van der Waals surface area contributed by atoms with Crippen LogP contribution in [0.5, 0.6) is 0 Å². The second-order valence-corrected chi connectivity index (χ2v) is 4.83. The van der Waals surface area contributed by atoms with Gasteiger partial charge in [-0.2, -0.15) is 4.98 Å². The smallest absolute Gasteiger partial charge is 0.335 e. The molecular weight excluding hydrogens is 244 g/mol. The van der Waals surface area contributed by atoms with E-state index < -0.39 is 5.97 Å². The summed E-state index contributed by atoms with van der Waals surface area (Å²) in [7, 11) is 0. The average molecular weight is 258 g/mol. The summed E-state index contributed by atoms with van der Waals surface area (Å²) in [6.07, 6.45) is 4.63. The van der Waals surface area contributed by atoms with Crippen molar-refractivity contribution in [1.82, 2.24) is 10.1 Å². The van der Waals surface area contributed by atoms with Gasteiger partial charge in [0.15, 0.2) is 5.82 Å². The second-order valence-electron chi connectivity index (χ2n) is 4.83. The topological polar surface area (TPSA) is 76.2 Å². The summed E-state index contributed by atoms with van der Waals surface area (Å²) >= 11 is 0. The van der Waals surface area contributed by atoms with Crippen molar-refractivity contribution in [2.45, 2.75) is 31.6 Å². The summed E-state index contributed by atoms with van der Waals surface area (Å²) in [5.41, 5.74) is 0.870. The van der Waals surface area contributed by atoms with Gasteiger partial charge < -0.3 is 9.63 Å². The van der Waals surface area contributed by atoms with Gasteiger partial charge in [0.2, 0.25) is 0 Å². The lowest BCUT2D eigenvalue weighted by Crippen LogP contribution is -1.96. The monoisotopic (exact) mass is 258 g/mol. The van der Waals surface area contributed by atoms with Crippen molar-refractivity contribution in [3.05, 3.63) is 35.7 Å². The van der Waals surface area contributed by atoms with E-state index in [1.54, 1.807) is 24.3 Å². The molecule has 0 radical (unpaired) electrons. The number of hydrogen-bond acceptors (Lipinski definition) is 4. The second kappa shape index (κ2) is 4.84. The van der Waals surface area contributed by atoms with E-state index in [0.717, 1.165) is 18.7 Å².